The molecule has 3 aromatic rings. The van der Waals surface area contributed by atoms with E-state index in [1.165, 1.54) is 12.1 Å². The van der Waals surface area contributed by atoms with E-state index >= 15 is 0 Å². The lowest BCUT2D eigenvalue weighted by atomic mass is 10.1. The third-order valence-electron chi connectivity index (χ3n) is 4.42. The number of ether oxygens (including phenoxy) is 1. The van der Waals surface area contributed by atoms with Gasteiger partial charge in [-0.15, -0.1) is 0 Å². The maximum atomic E-state index is 12.7. The zero-order valence-corrected chi connectivity index (χ0v) is 17.0. The molecule has 6 nitrogen and oxygen atoms in total. The number of nitrogens with one attached hydrogen (secondary N) is 2. The molecule has 0 aliphatic rings. The van der Waals surface area contributed by atoms with Crippen LogP contribution in [0.1, 0.15) is 21.5 Å². The predicted molar refractivity (Wildman–Crippen MR) is 113 cm³/mol. The Morgan fingerprint density at radius 3 is 2.31 bits per heavy atom. The highest BCUT2D eigenvalue weighted by molar-refractivity contribution is 7.89. The molecule has 29 heavy (non-hydrogen) atoms. The lowest BCUT2D eigenvalue weighted by Crippen LogP contribution is -2.24. The third-order valence-corrected chi connectivity index (χ3v) is 5.82. The van der Waals surface area contributed by atoms with Crippen LogP contribution in [0.5, 0.6) is 5.75 Å². The Labute approximate surface area is 170 Å². The number of benzene rings is 3. The Kier molecular flexibility index (Phi) is 6.31. The normalized spacial score (nSPS) is 11.1. The van der Waals surface area contributed by atoms with E-state index in [0.29, 0.717) is 22.6 Å². The summed E-state index contributed by atoms with van der Waals surface area (Å²) >= 11 is 0. The first-order valence-corrected chi connectivity index (χ1v) is 10.5. The maximum Gasteiger partial charge on any atom is 0.255 e. The van der Waals surface area contributed by atoms with Crippen LogP contribution in [0.2, 0.25) is 0 Å². The molecule has 1 amide bonds. The van der Waals surface area contributed by atoms with E-state index in [-0.39, 0.29) is 17.3 Å². The van der Waals surface area contributed by atoms with Crippen LogP contribution in [0.25, 0.3) is 0 Å². The minimum atomic E-state index is -3.76. The van der Waals surface area contributed by atoms with Gasteiger partial charge in [0.25, 0.3) is 5.91 Å². The van der Waals surface area contributed by atoms with E-state index in [1.807, 2.05) is 30.3 Å². The van der Waals surface area contributed by atoms with Crippen LogP contribution in [0.15, 0.2) is 77.7 Å². The van der Waals surface area contributed by atoms with E-state index in [4.69, 9.17) is 4.74 Å². The second-order valence-corrected chi connectivity index (χ2v) is 8.24. The first-order chi connectivity index (χ1) is 13.9. The van der Waals surface area contributed by atoms with Crippen LogP contribution in [-0.2, 0) is 16.6 Å². The van der Waals surface area contributed by atoms with Gasteiger partial charge in [0.1, 0.15) is 5.75 Å². The number of hydrogen-bond donors (Lipinski definition) is 2. The summed E-state index contributed by atoms with van der Waals surface area (Å²) in [4.78, 5) is 12.7. The lowest BCUT2D eigenvalue weighted by molar-refractivity contribution is 0.102. The zero-order chi connectivity index (χ0) is 20.9. The van der Waals surface area contributed by atoms with Gasteiger partial charge in [-0.1, -0.05) is 36.4 Å². The van der Waals surface area contributed by atoms with E-state index in [9.17, 15) is 13.2 Å². The van der Waals surface area contributed by atoms with Crippen molar-refractivity contribution in [2.24, 2.45) is 0 Å². The summed E-state index contributed by atoms with van der Waals surface area (Å²) < 4.78 is 33.0. The van der Waals surface area contributed by atoms with Gasteiger partial charge in [0.2, 0.25) is 10.0 Å². The Balaban J connectivity index is 1.78. The molecule has 0 bridgehead atoms. The van der Waals surface area contributed by atoms with Crippen LogP contribution in [-0.4, -0.2) is 21.4 Å². The van der Waals surface area contributed by atoms with Crippen LogP contribution in [0.4, 0.5) is 5.69 Å². The van der Waals surface area contributed by atoms with Gasteiger partial charge in [0.05, 0.1) is 12.0 Å². The van der Waals surface area contributed by atoms with Crippen molar-refractivity contribution in [3.63, 3.8) is 0 Å². The van der Waals surface area contributed by atoms with E-state index in [2.05, 4.69) is 10.0 Å². The topological polar surface area (TPSA) is 84.5 Å². The zero-order valence-electron chi connectivity index (χ0n) is 16.2. The number of hydrogen-bond acceptors (Lipinski definition) is 4. The Morgan fingerprint density at radius 1 is 0.966 bits per heavy atom. The number of sulfonamides is 1. The smallest absolute Gasteiger partial charge is 0.255 e. The summed E-state index contributed by atoms with van der Waals surface area (Å²) in [7, 11) is -2.20. The molecule has 150 valence electrons. The number of rotatable bonds is 7. The number of amides is 1. The van der Waals surface area contributed by atoms with E-state index < -0.39 is 10.0 Å². The van der Waals surface area contributed by atoms with Gasteiger partial charge in [-0.3, -0.25) is 4.79 Å². The molecule has 0 atom stereocenters. The lowest BCUT2D eigenvalue weighted by Gasteiger charge is -2.12. The molecule has 0 unspecified atom stereocenters. The Hall–Kier alpha value is -3.16. The van der Waals surface area contributed by atoms with Crippen molar-refractivity contribution >= 4 is 21.6 Å². The molecular weight excluding hydrogens is 388 g/mol. The SMILES string of the molecule is COc1ccc(NC(=O)c2cc(S(=O)(=O)NCc3ccccc3)ccc2C)cc1. The van der Waals surface area contributed by atoms with E-state index in [0.717, 1.165) is 5.56 Å². The third kappa shape index (κ3) is 5.22. The molecule has 7 heteroatoms. The van der Waals surface area contributed by atoms with Crippen molar-refractivity contribution in [2.75, 3.05) is 12.4 Å². The number of carbonyl (C=O) groups excluding carboxylic acids is 1. The fourth-order valence-electron chi connectivity index (χ4n) is 2.74. The van der Waals surface area contributed by atoms with Crippen molar-refractivity contribution < 1.29 is 17.9 Å². The number of methoxy groups -OCH3 is 1. The highest BCUT2D eigenvalue weighted by Crippen LogP contribution is 2.19. The molecule has 3 rings (SSSR count). The molecule has 0 aliphatic heterocycles. The van der Waals surface area contributed by atoms with Crippen LogP contribution >= 0.6 is 0 Å². The van der Waals surface area contributed by atoms with Crippen LogP contribution in [0.3, 0.4) is 0 Å². The van der Waals surface area contributed by atoms with Crippen LogP contribution in [0, 0.1) is 6.92 Å². The van der Waals surface area contributed by atoms with Crippen LogP contribution < -0.4 is 14.8 Å². The molecule has 0 heterocycles. The molecular formula is C22H22N2O4S. The fraction of sp³-hybridized carbons (Fsp3) is 0.136. The van der Waals surface area contributed by atoms with E-state index in [1.54, 1.807) is 44.4 Å². The molecule has 3 aromatic carbocycles. The van der Waals surface area contributed by atoms with Gasteiger partial charge in [-0.05, 0) is 54.4 Å². The summed E-state index contributed by atoms with van der Waals surface area (Å²) in [5.74, 6) is 0.296. The van der Waals surface area contributed by atoms with Gasteiger partial charge < -0.3 is 10.1 Å². The van der Waals surface area contributed by atoms with Crippen molar-refractivity contribution in [1.82, 2.24) is 4.72 Å². The van der Waals surface area contributed by atoms with Crippen molar-refractivity contribution in [1.29, 1.82) is 0 Å². The number of carbonyl (C=O) groups is 1. The molecule has 0 aromatic heterocycles. The van der Waals surface area contributed by atoms with Gasteiger partial charge in [-0.25, -0.2) is 13.1 Å². The summed E-state index contributed by atoms with van der Waals surface area (Å²) in [5, 5.41) is 2.78. The monoisotopic (exact) mass is 410 g/mol. The molecule has 0 saturated carbocycles. The molecule has 0 radical (unpaired) electrons. The quantitative estimate of drug-likeness (QED) is 0.622. The minimum absolute atomic E-state index is 0.0407. The summed E-state index contributed by atoms with van der Waals surface area (Å²) in [6.07, 6.45) is 0. The average Bonchev–Trinajstić information content (AvgIpc) is 2.74. The maximum absolute atomic E-state index is 12.7. The molecule has 0 spiro atoms. The summed E-state index contributed by atoms with van der Waals surface area (Å²) in [6.45, 7) is 1.93. The summed E-state index contributed by atoms with van der Waals surface area (Å²) in [6, 6.07) is 20.6. The first-order valence-electron chi connectivity index (χ1n) is 8.99. The Bertz CT molecular complexity index is 1100. The average molecular weight is 410 g/mol. The largest absolute Gasteiger partial charge is 0.497 e. The second-order valence-electron chi connectivity index (χ2n) is 6.47. The first kappa shape index (κ1) is 20.6. The summed E-state index contributed by atoms with van der Waals surface area (Å²) in [5.41, 5.74) is 2.41. The molecule has 2 N–H and O–H groups in total. The van der Waals surface area contributed by atoms with Gasteiger partial charge in [-0.2, -0.15) is 0 Å². The van der Waals surface area contributed by atoms with Crippen molar-refractivity contribution in [3.8, 4) is 5.75 Å². The van der Waals surface area contributed by atoms with Gasteiger partial charge in [0.15, 0.2) is 0 Å². The number of anilines is 1. The Morgan fingerprint density at radius 2 is 1.66 bits per heavy atom. The highest BCUT2D eigenvalue weighted by atomic mass is 32.2. The van der Waals surface area contributed by atoms with Gasteiger partial charge in [0, 0.05) is 17.8 Å². The fourth-order valence-corrected chi connectivity index (χ4v) is 3.79. The second kappa shape index (κ2) is 8.89. The predicted octanol–water partition coefficient (Wildman–Crippen LogP) is 3.73. The van der Waals surface area contributed by atoms with Crippen molar-refractivity contribution in [3.05, 3.63) is 89.5 Å². The standard InChI is InChI=1S/C22H22N2O4S/c1-16-8-13-20(29(26,27)23-15-17-6-4-3-5-7-17)14-21(16)22(25)24-18-9-11-19(28-2)12-10-18/h3-14,23H,15H2,1-2H3,(H,24,25). The molecule has 0 fully saturated rings. The highest BCUT2D eigenvalue weighted by Gasteiger charge is 2.18. The van der Waals surface area contributed by atoms with Gasteiger partial charge >= 0.3 is 0 Å². The minimum Gasteiger partial charge on any atom is -0.497 e. The molecule has 0 saturated heterocycles. The molecule has 0 aliphatic carbocycles. The number of aryl methyl sites for hydroxylation is 1. The van der Waals surface area contributed by atoms with Crippen molar-refractivity contribution in [2.45, 2.75) is 18.4 Å².